The highest BCUT2D eigenvalue weighted by Crippen LogP contribution is 2.30. The molecule has 0 bridgehead atoms. The van der Waals surface area contributed by atoms with Gasteiger partial charge in [-0.25, -0.2) is 8.78 Å². The Labute approximate surface area is 114 Å². The molecule has 2 N–H and O–H groups in total. The molecule has 0 aromatic heterocycles. The first-order valence-electron chi connectivity index (χ1n) is 5.68. The van der Waals surface area contributed by atoms with Crippen LogP contribution in [0.4, 0.5) is 8.78 Å². The summed E-state index contributed by atoms with van der Waals surface area (Å²) in [7, 11) is 0. The van der Waals surface area contributed by atoms with E-state index in [1.54, 1.807) is 18.2 Å². The minimum Gasteiger partial charge on any atom is -0.483 e. The third kappa shape index (κ3) is 3.22. The summed E-state index contributed by atoms with van der Waals surface area (Å²) in [5.41, 5.74) is 5.93. The summed E-state index contributed by atoms with van der Waals surface area (Å²) >= 11 is 5.86. The first-order chi connectivity index (χ1) is 9.11. The van der Waals surface area contributed by atoms with Crippen LogP contribution in [0.15, 0.2) is 42.5 Å². The molecule has 100 valence electrons. The summed E-state index contributed by atoms with van der Waals surface area (Å²) in [4.78, 5) is 0. The molecule has 1 atom stereocenters. The lowest BCUT2D eigenvalue weighted by Crippen LogP contribution is -2.19. The fourth-order valence-electron chi connectivity index (χ4n) is 1.70. The van der Waals surface area contributed by atoms with Crippen LogP contribution in [0, 0.1) is 11.6 Å². The number of benzene rings is 2. The van der Waals surface area contributed by atoms with Gasteiger partial charge in [-0.2, -0.15) is 0 Å². The zero-order valence-corrected chi connectivity index (χ0v) is 10.7. The Morgan fingerprint density at radius 3 is 2.53 bits per heavy atom. The first-order valence-corrected chi connectivity index (χ1v) is 6.06. The Kier molecular flexibility index (Phi) is 4.35. The fraction of sp³-hybridized carbons (Fsp3) is 0.143. The molecule has 2 nitrogen and oxygen atoms in total. The predicted molar refractivity (Wildman–Crippen MR) is 70.2 cm³/mol. The van der Waals surface area contributed by atoms with Crippen LogP contribution in [0.2, 0.25) is 5.02 Å². The monoisotopic (exact) mass is 283 g/mol. The van der Waals surface area contributed by atoms with Crippen molar-refractivity contribution in [2.45, 2.75) is 6.10 Å². The van der Waals surface area contributed by atoms with Crippen LogP contribution in [0.25, 0.3) is 0 Å². The molecule has 0 saturated carbocycles. The van der Waals surface area contributed by atoms with Gasteiger partial charge in [-0.1, -0.05) is 29.8 Å². The van der Waals surface area contributed by atoms with Crippen molar-refractivity contribution in [2.75, 3.05) is 6.54 Å². The second-order valence-corrected chi connectivity index (χ2v) is 4.35. The van der Waals surface area contributed by atoms with Gasteiger partial charge < -0.3 is 10.5 Å². The molecule has 0 saturated heterocycles. The average molecular weight is 284 g/mol. The quantitative estimate of drug-likeness (QED) is 0.929. The molecular weight excluding hydrogens is 272 g/mol. The van der Waals surface area contributed by atoms with Crippen LogP contribution in [0.5, 0.6) is 5.75 Å². The topological polar surface area (TPSA) is 35.2 Å². The molecule has 0 heterocycles. The third-order valence-corrected chi connectivity index (χ3v) is 2.92. The van der Waals surface area contributed by atoms with Crippen molar-refractivity contribution in [2.24, 2.45) is 5.73 Å². The van der Waals surface area contributed by atoms with Gasteiger partial charge in [0.2, 0.25) is 0 Å². The standard InChI is InChI=1S/C14H12ClF2NO/c15-11-7-9(16)5-6-13(11)19-14(8-18)10-3-1-2-4-12(10)17/h1-7,14H,8,18H2. The number of rotatable bonds is 4. The number of nitrogens with two attached hydrogens (primary N) is 1. The van der Waals surface area contributed by atoms with E-state index in [9.17, 15) is 8.78 Å². The van der Waals surface area contributed by atoms with Crippen molar-refractivity contribution in [3.05, 3.63) is 64.7 Å². The van der Waals surface area contributed by atoms with Crippen molar-refractivity contribution in [3.8, 4) is 5.75 Å². The lowest BCUT2D eigenvalue weighted by atomic mass is 10.1. The molecule has 0 amide bonds. The van der Waals surface area contributed by atoms with Crippen LogP contribution in [-0.4, -0.2) is 6.54 Å². The highest BCUT2D eigenvalue weighted by molar-refractivity contribution is 6.32. The zero-order valence-electron chi connectivity index (χ0n) is 9.95. The third-order valence-electron chi connectivity index (χ3n) is 2.63. The van der Waals surface area contributed by atoms with E-state index in [1.807, 2.05) is 0 Å². The van der Waals surface area contributed by atoms with Gasteiger partial charge in [-0.15, -0.1) is 0 Å². The fourth-order valence-corrected chi connectivity index (χ4v) is 1.91. The highest BCUT2D eigenvalue weighted by Gasteiger charge is 2.17. The van der Waals surface area contributed by atoms with Crippen LogP contribution >= 0.6 is 11.6 Å². The van der Waals surface area contributed by atoms with E-state index in [-0.39, 0.29) is 17.3 Å². The summed E-state index contributed by atoms with van der Waals surface area (Å²) in [6, 6.07) is 9.93. The van der Waals surface area contributed by atoms with E-state index in [0.717, 1.165) is 6.07 Å². The van der Waals surface area contributed by atoms with Crippen LogP contribution in [0.1, 0.15) is 11.7 Å². The Bertz CT molecular complexity index is 577. The highest BCUT2D eigenvalue weighted by atomic mass is 35.5. The van der Waals surface area contributed by atoms with Crippen molar-refractivity contribution < 1.29 is 13.5 Å². The minimum atomic E-state index is -0.677. The maximum atomic E-state index is 13.7. The Morgan fingerprint density at radius 1 is 1.16 bits per heavy atom. The number of ether oxygens (including phenoxy) is 1. The molecular formula is C14H12ClF2NO. The van der Waals surface area contributed by atoms with E-state index in [1.165, 1.54) is 18.2 Å². The summed E-state index contributed by atoms with van der Waals surface area (Å²) < 4.78 is 32.1. The number of hydrogen-bond donors (Lipinski definition) is 1. The molecule has 5 heteroatoms. The maximum absolute atomic E-state index is 13.7. The number of hydrogen-bond acceptors (Lipinski definition) is 2. The van der Waals surface area contributed by atoms with Crippen LogP contribution < -0.4 is 10.5 Å². The van der Waals surface area contributed by atoms with Crippen molar-refractivity contribution in [3.63, 3.8) is 0 Å². The molecule has 1 unspecified atom stereocenters. The molecule has 2 aromatic rings. The van der Waals surface area contributed by atoms with Gasteiger partial charge >= 0.3 is 0 Å². The number of halogens is 3. The van der Waals surface area contributed by atoms with Gasteiger partial charge in [0.25, 0.3) is 0 Å². The predicted octanol–water partition coefficient (Wildman–Crippen LogP) is 3.70. The normalized spacial score (nSPS) is 12.2. The maximum Gasteiger partial charge on any atom is 0.139 e. The average Bonchev–Trinajstić information content (AvgIpc) is 2.39. The summed E-state index contributed by atoms with van der Waals surface area (Å²) in [5.74, 6) is -0.606. The first kappa shape index (κ1) is 13.8. The van der Waals surface area contributed by atoms with Gasteiger partial charge in [0, 0.05) is 12.1 Å². The Balaban J connectivity index is 2.27. The van der Waals surface area contributed by atoms with Gasteiger partial charge in [0.1, 0.15) is 23.5 Å². The van der Waals surface area contributed by atoms with Gasteiger partial charge in [0.05, 0.1) is 5.02 Å². The Hall–Kier alpha value is -1.65. The van der Waals surface area contributed by atoms with Crippen molar-refractivity contribution in [1.82, 2.24) is 0 Å². The van der Waals surface area contributed by atoms with Crippen LogP contribution in [0.3, 0.4) is 0 Å². The van der Waals surface area contributed by atoms with Gasteiger partial charge in [0.15, 0.2) is 0 Å². The summed E-state index contributed by atoms with van der Waals surface area (Å²) in [6.45, 7) is 0.0780. The lowest BCUT2D eigenvalue weighted by molar-refractivity contribution is 0.209. The molecule has 0 aliphatic carbocycles. The second kappa shape index (κ2) is 5.99. The minimum absolute atomic E-state index is 0.0780. The SMILES string of the molecule is NCC(Oc1ccc(F)cc1Cl)c1ccccc1F. The van der Waals surface area contributed by atoms with E-state index >= 15 is 0 Å². The molecule has 0 radical (unpaired) electrons. The smallest absolute Gasteiger partial charge is 0.139 e. The van der Waals surface area contributed by atoms with E-state index in [0.29, 0.717) is 5.56 Å². The van der Waals surface area contributed by atoms with Crippen molar-refractivity contribution in [1.29, 1.82) is 0 Å². The molecule has 2 aromatic carbocycles. The van der Waals surface area contributed by atoms with E-state index in [4.69, 9.17) is 22.1 Å². The van der Waals surface area contributed by atoms with Gasteiger partial charge in [-0.05, 0) is 24.3 Å². The summed E-state index contributed by atoms with van der Waals surface area (Å²) in [5, 5.41) is 0.120. The van der Waals surface area contributed by atoms with E-state index in [2.05, 4.69) is 0 Å². The molecule has 0 aliphatic heterocycles. The largest absolute Gasteiger partial charge is 0.483 e. The molecule has 2 rings (SSSR count). The van der Waals surface area contributed by atoms with Crippen LogP contribution in [-0.2, 0) is 0 Å². The molecule has 0 aliphatic rings. The second-order valence-electron chi connectivity index (χ2n) is 3.94. The Morgan fingerprint density at radius 2 is 1.89 bits per heavy atom. The lowest BCUT2D eigenvalue weighted by Gasteiger charge is -2.19. The van der Waals surface area contributed by atoms with Crippen molar-refractivity contribution >= 4 is 11.6 Å². The summed E-state index contributed by atoms with van der Waals surface area (Å²) in [6.07, 6.45) is -0.677. The molecule has 19 heavy (non-hydrogen) atoms. The molecule has 0 spiro atoms. The van der Waals surface area contributed by atoms with E-state index < -0.39 is 17.7 Å². The van der Waals surface area contributed by atoms with Gasteiger partial charge in [-0.3, -0.25) is 0 Å². The molecule has 0 fully saturated rings. The zero-order chi connectivity index (χ0) is 13.8.